The molecule has 0 bridgehead atoms. The minimum Gasteiger partial charge on any atom is -0.322 e. The molecule has 0 aliphatic heterocycles. The summed E-state index contributed by atoms with van der Waals surface area (Å²) in [6.07, 6.45) is 4.87. The highest BCUT2D eigenvalue weighted by atomic mass is 35.5. The number of rotatable bonds is 7. The van der Waals surface area contributed by atoms with E-state index in [4.69, 9.17) is 28.3 Å². The van der Waals surface area contributed by atoms with Gasteiger partial charge in [-0.05, 0) is 60.2 Å². The van der Waals surface area contributed by atoms with Crippen LogP contribution in [0.15, 0.2) is 115 Å². The van der Waals surface area contributed by atoms with Crippen molar-refractivity contribution in [3.8, 4) is 16.9 Å². The summed E-state index contributed by atoms with van der Waals surface area (Å²) >= 11 is 12.0. The van der Waals surface area contributed by atoms with E-state index in [0.717, 1.165) is 16.8 Å². The van der Waals surface area contributed by atoms with Crippen LogP contribution in [0.5, 0.6) is 0 Å². The van der Waals surface area contributed by atoms with Gasteiger partial charge in [-0.2, -0.15) is 5.10 Å². The molecule has 1 aromatic heterocycles. The fourth-order valence-electron chi connectivity index (χ4n) is 3.86. The zero-order valence-electron chi connectivity index (χ0n) is 20.0. The minimum atomic E-state index is -0.301. The Labute approximate surface area is 230 Å². The first kappa shape index (κ1) is 25.2. The van der Waals surface area contributed by atoms with Crippen LogP contribution in [-0.2, 0) is 0 Å². The third-order valence-electron chi connectivity index (χ3n) is 5.82. The van der Waals surface area contributed by atoms with E-state index < -0.39 is 0 Å². The lowest BCUT2D eigenvalue weighted by molar-refractivity contribution is 0.102. The Morgan fingerprint density at radius 3 is 2.16 bits per heavy atom. The van der Waals surface area contributed by atoms with E-state index in [-0.39, 0.29) is 11.7 Å². The number of ketones is 1. The van der Waals surface area contributed by atoms with E-state index in [0.29, 0.717) is 32.6 Å². The van der Waals surface area contributed by atoms with Crippen molar-refractivity contribution in [3.05, 3.63) is 142 Å². The van der Waals surface area contributed by atoms with Gasteiger partial charge in [0.1, 0.15) is 5.69 Å². The first-order valence-corrected chi connectivity index (χ1v) is 12.5. The van der Waals surface area contributed by atoms with Crippen molar-refractivity contribution >= 4 is 46.7 Å². The van der Waals surface area contributed by atoms with Gasteiger partial charge in [0.05, 0.1) is 21.3 Å². The number of carbonyl (C=O) groups excluding carboxylic acids is 2. The predicted octanol–water partition coefficient (Wildman–Crippen LogP) is 7.99. The van der Waals surface area contributed by atoms with Crippen molar-refractivity contribution in [2.75, 3.05) is 5.32 Å². The summed E-state index contributed by atoms with van der Waals surface area (Å²) in [6.45, 7) is 0. The lowest BCUT2D eigenvalue weighted by Crippen LogP contribution is -2.12. The van der Waals surface area contributed by atoms with Crippen LogP contribution < -0.4 is 5.32 Å². The summed E-state index contributed by atoms with van der Waals surface area (Å²) in [4.78, 5) is 25.9. The number of halogens is 2. The van der Waals surface area contributed by atoms with E-state index in [9.17, 15) is 9.59 Å². The average molecular weight is 538 g/mol. The highest BCUT2D eigenvalue weighted by Crippen LogP contribution is 2.25. The summed E-state index contributed by atoms with van der Waals surface area (Å²) in [6, 6.07) is 31.1. The average Bonchev–Trinajstić information content (AvgIpc) is 3.41. The summed E-state index contributed by atoms with van der Waals surface area (Å²) in [7, 11) is 0. The van der Waals surface area contributed by atoms with Crippen LogP contribution in [0, 0.1) is 0 Å². The van der Waals surface area contributed by atoms with Crippen molar-refractivity contribution in [3.63, 3.8) is 0 Å². The number of amides is 1. The molecule has 0 fully saturated rings. The molecular formula is C31H21Cl2N3O2. The summed E-state index contributed by atoms with van der Waals surface area (Å²) in [5.41, 5.74) is 4.51. The molecule has 0 aliphatic rings. The number of hydrogen-bond donors (Lipinski definition) is 1. The smallest absolute Gasteiger partial charge is 0.259 e. The number of benzene rings is 4. The van der Waals surface area contributed by atoms with Crippen LogP contribution in [0.2, 0.25) is 10.0 Å². The van der Waals surface area contributed by atoms with E-state index in [1.165, 1.54) is 6.08 Å². The molecule has 0 saturated heterocycles. The van der Waals surface area contributed by atoms with Gasteiger partial charge >= 0.3 is 0 Å². The molecule has 0 radical (unpaired) electrons. The van der Waals surface area contributed by atoms with Crippen LogP contribution in [0.3, 0.4) is 0 Å². The quantitative estimate of drug-likeness (QED) is 0.169. The van der Waals surface area contributed by atoms with Gasteiger partial charge in [0.25, 0.3) is 5.91 Å². The molecule has 0 aliphatic carbocycles. The second-order valence-corrected chi connectivity index (χ2v) is 9.25. The van der Waals surface area contributed by atoms with E-state index in [1.807, 2.05) is 60.7 Å². The Kier molecular flexibility index (Phi) is 7.50. The number of anilines is 1. The number of nitrogens with zero attached hydrogens (tertiary/aromatic N) is 2. The number of allylic oxidation sites excluding steroid dienone is 1. The maximum absolute atomic E-state index is 13.3. The first-order valence-electron chi connectivity index (χ1n) is 11.8. The molecule has 0 saturated carbocycles. The Hall–Kier alpha value is -4.45. The molecule has 0 unspecified atom stereocenters. The monoisotopic (exact) mass is 537 g/mol. The lowest BCUT2D eigenvalue weighted by atomic mass is 10.1. The van der Waals surface area contributed by atoms with Crippen molar-refractivity contribution in [2.45, 2.75) is 0 Å². The van der Waals surface area contributed by atoms with Crippen molar-refractivity contribution in [2.24, 2.45) is 0 Å². The minimum absolute atomic E-state index is 0.176. The largest absolute Gasteiger partial charge is 0.322 e. The summed E-state index contributed by atoms with van der Waals surface area (Å²) in [5, 5.41) is 8.49. The summed E-state index contributed by atoms with van der Waals surface area (Å²) < 4.78 is 1.69. The normalized spacial score (nSPS) is 11.0. The first-order chi connectivity index (χ1) is 18.5. The summed E-state index contributed by atoms with van der Waals surface area (Å²) in [5.74, 6) is -0.478. The van der Waals surface area contributed by atoms with Crippen molar-refractivity contribution in [1.82, 2.24) is 9.78 Å². The van der Waals surface area contributed by atoms with Crippen molar-refractivity contribution < 1.29 is 9.59 Å². The highest BCUT2D eigenvalue weighted by molar-refractivity contribution is 6.42. The van der Waals surface area contributed by atoms with Gasteiger partial charge in [-0.1, -0.05) is 83.9 Å². The van der Waals surface area contributed by atoms with E-state index in [2.05, 4.69) is 5.32 Å². The van der Waals surface area contributed by atoms with Crippen molar-refractivity contribution in [1.29, 1.82) is 0 Å². The second kappa shape index (κ2) is 11.3. The maximum atomic E-state index is 13.3. The third kappa shape index (κ3) is 5.75. The molecule has 4 aromatic carbocycles. The van der Waals surface area contributed by atoms with E-state index in [1.54, 1.807) is 59.4 Å². The van der Waals surface area contributed by atoms with Gasteiger partial charge in [0.2, 0.25) is 0 Å². The van der Waals surface area contributed by atoms with Gasteiger partial charge in [0.15, 0.2) is 5.78 Å². The molecule has 0 spiro atoms. The number of para-hydroxylation sites is 1. The van der Waals surface area contributed by atoms with Gasteiger partial charge in [-0.3, -0.25) is 9.59 Å². The Morgan fingerprint density at radius 1 is 0.789 bits per heavy atom. The molecular weight excluding hydrogens is 517 g/mol. The molecule has 5 nitrogen and oxygen atoms in total. The van der Waals surface area contributed by atoms with Crippen LogP contribution >= 0.6 is 23.2 Å². The fourth-order valence-corrected chi connectivity index (χ4v) is 4.17. The topological polar surface area (TPSA) is 64.0 Å². The predicted molar refractivity (Wildman–Crippen MR) is 153 cm³/mol. The fraction of sp³-hybridized carbons (Fsp3) is 0. The Balaban J connectivity index is 1.34. The third-order valence-corrected chi connectivity index (χ3v) is 6.56. The van der Waals surface area contributed by atoms with Gasteiger partial charge < -0.3 is 5.32 Å². The molecule has 1 amide bonds. The molecule has 5 aromatic rings. The zero-order chi connectivity index (χ0) is 26.5. The number of hydrogen-bond acceptors (Lipinski definition) is 3. The van der Waals surface area contributed by atoms with Crippen LogP contribution in [0.1, 0.15) is 26.3 Å². The van der Waals surface area contributed by atoms with E-state index >= 15 is 0 Å². The van der Waals surface area contributed by atoms with Crippen LogP contribution in [0.4, 0.5) is 5.69 Å². The SMILES string of the molecule is O=C(/C=C/c1ccc(Cl)c(Cl)c1)c1ccc(NC(=O)c2cn(-c3ccccc3)nc2-c2ccccc2)cc1. The molecule has 186 valence electrons. The van der Waals surface area contributed by atoms with Crippen LogP contribution in [-0.4, -0.2) is 21.5 Å². The Bertz CT molecular complexity index is 1630. The molecule has 7 heteroatoms. The molecule has 0 atom stereocenters. The number of aromatic nitrogens is 2. The second-order valence-electron chi connectivity index (χ2n) is 8.44. The van der Waals surface area contributed by atoms with Gasteiger partial charge in [-0.25, -0.2) is 4.68 Å². The Morgan fingerprint density at radius 2 is 1.47 bits per heavy atom. The molecule has 5 rings (SSSR count). The molecule has 1 heterocycles. The molecule has 1 N–H and O–H groups in total. The number of carbonyl (C=O) groups is 2. The zero-order valence-corrected chi connectivity index (χ0v) is 21.5. The number of nitrogens with one attached hydrogen (secondary N) is 1. The standard InChI is InChI=1S/C31H21Cl2N3O2/c32-27-17-11-21(19-28(27)33)12-18-29(37)22-13-15-24(16-14-22)34-31(38)26-20-36(25-9-5-2-6-10-25)35-30(26)23-7-3-1-4-8-23/h1-20H,(H,34,38)/b18-12+. The maximum Gasteiger partial charge on any atom is 0.259 e. The highest BCUT2D eigenvalue weighted by Gasteiger charge is 2.19. The van der Waals surface area contributed by atoms with Gasteiger partial charge in [0, 0.05) is 23.0 Å². The van der Waals surface area contributed by atoms with Gasteiger partial charge in [-0.15, -0.1) is 0 Å². The lowest BCUT2D eigenvalue weighted by Gasteiger charge is -2.06. The van der Waals surface area contributed by atoms with Crippen LogP contribution in [0.25, 0.3) is 23.0 Å². The molecule has 38 heavy (non-hydrogen) atoms.